The molecule has 0 fully saturated rings. The van der Waals surface area contributed by atoms with Crippen molar-refractivity contribution in [1.29, 1.82) is 0 Å². The van der Waals surface area contributed by atoms with Crippen molar-refractivity contribution in [3.05, 3.63) is 66.8 Å². The highest BCUT2D eigenvalue weighted by atomic mass is 32.1. The van der Waals surface area contributed by atoms with E-state index in [1.165, 1.54) is 43.2 Å². The monoisotopic (exact) mass is 476 g/mol. The minimum absolute atomic E-state index is 0.598. The van der Waals surface area contributed by atoms with Crippen LogP contribution in [0.1, 0.15) is 126 Å². The standard InChI is InChI=1S/C9H12S.C9H16.C5H10.C5H12.C4H10/c1-7(2)8-4-3-5-9(10)6-8;1-5-7-9(4)8(3)6-2;1-4-5(2)3;1-3-5-4-2;1-3-4-2/h3-7,10H,1-2H3;5-9H,2H2,1,3-4H3;2,4H2,1,3H3;3-5H2,1-2H3;3-4H2,1-2H3/b;7-5-;;;. The van der Waals surface area contributed by atoms with Gasteiger partial charge in [0.2, 0.25) is 0 Å². The van der Waals surface area contributed by atoms with Gasteiger partial charge < -0.3 is 0 Å². The van der Waals surface area contributed by atoms with Gasteiger partial charge in [-0.3, -0.25) is 0 Å². The molecular formula is C32H60S. The molecule has 0 aliphatic heterocycles. The molecule has 1 aromatic rings. The molecule has 0 nitrogen and oxygen atoms in total. The molecule has 1 heteroatoms. The molecule has 194 valence electrons. The maximum Gasteiger partial charge on any atom is 0.00428 e. The Kier molecular flexibility index (Phi) is 36.4. The fourth-order valence-corrected chi connectivity index (χ4v) is 2.17. The maximum atomic E-state index is 4.25. The summed E-state index contributed by atoms with van der Waals surface area (Å²) < 4.78 is 0. The van der Waals surface area contributed by atoms with E-state index in [4.69, 9.17) is 0 Å². The summed E-state index contributed by atoms with van der Waals surface area (Å²) in [4.78, 5) is 1.05. The summed E-state index contributed by atoms with van der Waals surface area (Å²) in [5.74, 6) is 1.83. The average molecular weight is 477 g/mol. The first-order valence-electron chi connectivity index (χ1n) is 13.2. The van der Waals surface area contributed by atoms with Crippen LogP contribution in [0.5, 0.6) is 0 Å². The van der Waals surface area contributed by atoms with Crippen LogP contribution in [0.25, 0.3) is 0 Å². The largest absolute Gasteiger partial charge is 0.143 e. The van der Waals surface area contributed by atoms with Gasteiger partial charge in [0.05, 0.1) is 0 Å². The van der Waals surface area contributed by atoms with Crippen LogP contribution in [-0.2, 0) is 0 Å². The lowest BCUT2D eigenvalue weighted by Crippen LogP contribution is -2.00. The number of benzene rings is 1. The molecule has 0 aliphatic carbocycles. The molecule has 0 aliphatic rings. The van der Waals surface area contributed by atoms with Gasteiger partial charge in [0.15, 0.2) is 0 Å². The molecular weight excluding hydrogens is 416 g/mol. The van der Waals surface area contributed by atoms with Crippen LogP contribution in [0, 0.1) is 11.8 Å². The Morgan fingerprint density at radius 2 is 1.39 bits per heavy atom. The summed E-state index contributed by atoms with van der Waals surface area (Å²) in [7, 11) is 0. The van der Waals surface area contributed by atoms with Crippen LogP contribution in [-0.4, -0.2) is 0 Å². The predicted molar refractivity (Wildman–Crippen MR) is 162 cm³/mol. The van der Waals surface area contributed by atoms with Crippen molar-refractivity contribution in [1.82, 2.24) is 0 Å². The topological polar surface area (TPSA) is 0 Å². The lowest BCUT2D eigenvalue weighted by Gasteiger charge is -2.09. The predicted octanol–water partition coefficient (Wildman–Crippen LogP) is 12.1. The average Bonchev–Trinajstić information content (AvgIpc) is 2.80. The van der Waals surface area contributed by atoms with Gasteiger partial charge in [-0.2, -0.15) is 0 Å². The van der Waals surface area contributed by atoms with Crippen LogP contribution < -0.4 is 0 Å². The Hall–Kier alpha value is -1.21. The summed E-state index contributed by atoms with van der Waals surface area (Å²) in [6.45, 7) is 31.1. The summed E-state index contributed by atoms with van der Waals surface area (Å²) in [6, 6.07) is 8.27. The zero-order valence-electron chi connectivity index (χ0n) is 24.4. The lowest BCUT2D eigenvalue weighted by atomic mass is 9.96. The number of hydrogen-bond donors (Lipinski definition) is 1. The zero-order chi connectivity index (χ0) is 26.7. The molecule has 2 atom stereocenters. The molecule has 0 saturated heterocycles. The second-order valence-corrected chi connectivity index (χ2v) is 9.41. The van der Waals surface area contributed by atoms with Gasteiger partial charge in [-0.1, -0.05) is 130 Å². The molecule has 0 amide bonds. The van der Waals surface area contributed by atoms with Crippen LogP contribution in [0.3, 0.4) is 0 Å². The van der Waals surface area contributed by atoms with Gasteiger partial charge in [0.25, 0.3) is 0 Å². The molecule has 1 aromatic carbocycles. The zero-order valence-corrected chi connectivity index (χ0v) is 25.3. The Balaban J connectivity index is -0.000000168. The van der Waals surface area contributed by atoms with Crippen LogP contribution in [0.15, 0.2) is 66.1 Å². The van der Waals surface area contributed by atoms with Crippen molar-refractivity contribution in [2.75, 3.05) is 0 Å². The maximum absolute atomic E-state index is 4.25. The second kappa shape index (κ2) is 30.8. The van der Waals surface area contributed by atoms with Crippen molar-refractivity contribution in [2.24, 2.45) is 11.8 Å². The highest BCUT2D eigenvalue weighted by Gasteiger charge is 2.02. The van der Waals surface area contributed by atoms with Gasteiger partial charge in [-0.05, 0) is 55.7 Å². The van der Waals surface area contributed by atoms with Crippen molar-refractivity contribution >= 4 is 12.6 Å². The third-order valence-corrected chi connectivity index (χ3v) is 5.32. The third-order valence-electron chi connectivity index (χ3n) is 5.04. The number of thiol groups is 1. The second-order valence-electron chi connectivity index (χ2n) is 8.89. The normalized spacial score (nSPS) is 11.3. The molecule has 0 spiro atoms. The van der Waals surface area contributed by atoms with Gasteiger partial charge >= 0.3 is 0 Å². The number of unbranched alkanes of at least 4 members (excludes halogenated alkanes) is 3. The smallest absolute Gasteiger partial charge is 0.00428 e. The first-order chi connectivity index (χ1) is 15.5. The molecule has 1 rings (SSSR count). The quantitative estimate of drug-likeness (QED) is 0.280. The highest BCUT2D eigenvalue weighted by Crippen LogP contribution is 2.17. The summed E-state index contributed by atoms with van der Waals surface area (Å²) in [6.07, 6.45) is 14.1. The van der Waals surface area contributed by atoms with Crippen molar-refractivity contribution < 1.29 is 0 Å². The van der Waals surface area contributed by atoms with E-state index in [9.17, 15) is 0 Å². The van der Waals surface area contributed by atoms with E-state index in [-0.39, 0.29) is 0 Å². The number of rotatable bonds is 8. The number of hydrogen-bond acceptors (Lipinski definition) is 1. The Morgan fingerprint density at radius 3 is 1.61 bits per heavy atom. The summed E-state index contributed by atoms with van der Waals surface area (Å²) in [5.41, 5.74) is 2.61. The summed E-state index contributed by atoms with van der Waals surface area (Å²) >= 11 is 4.25. The molecule has 0 heterocycles. The molecule has 0 radical (unpaired) electrons. The Morgan fingerprint density at radius 1 is 0.909 bits per heavy atom. The van der Waals surface area contributed by atoms with Gasteiger partial charge in [-0.15, -0.1) is 25.8 Å². The fraction of sp³-hybridized carbons (Fsp3) is 0.625. The van der Waals surface area contributed by atoms with E-state index in [1.807, 2.05) is 32.1 Å². The first kappa shape index (κ1) is 39.0. The van der Waals surface area contributed by atoms with Crippen LogP contribution in [0.4, 0.5) is 0 Å². The molecule has 0 saturated carbocycles. The third kappa shape index (κ3) is 35.6. The fourth-order valence-electron chi connectivity index (χ4n) is 1.93. The van der Waals surface area contributed by atoms with Crippen molar-refractivity contribution in [2.45, 2.75) is 125 Å². The molecule has 0 bridgehead atoms. The molecule has 0 aromatic heterocycles. The first-order valence-corrected chi connectivity index (χ1v) is 13.7. The van der Waals surface area contributed by atoms with Crippen molar-refractivity contribution in [3.8, 4) is 0 Å². The SMILES string of the molecule is C=C(C)CC.C=CC(C)C(C)/C=C\C.CC(C)c1cccc(S)c1.CCCC.CCCCC. The Bertz CT molecular complexity index is 549. The Labute approximate surface area is 216 Å². The van der Waals surface area contributed by atoms with Crippen LogP contribution in [0.2, 0.25) is 0 Å². The molecule has 0 N–H and O–H groups in total. The van der Waals surface area contributed by atoms with E-state index in [2.05, 4.69) is 112 Å². The van der Waals surface area contributed by atoms with Gasteiger partial charge in [0, 0.05) is 4.90 Å². The number of allylic oxidation sites excluding steroid dienone is 4. The summed E-state index contributed by atoms with van der Waals surface area (Å²) in [5, 5.41) is 0. The van der Waals surface area contributed by atoms with E-state index in [0.29, 0.717) is 17.8 Å². The minimum Gasteiger partial charge on any atom is -0.143 e. The van der Waals surface area contributed by atoms with E-state index in [1.54, 1.807) is 0 Å². The van der Waals surface area contributed by atoms with Crippen LogP contribution >= 0.6 is 12.6 Å². The lowest BCUT2D eigenvalue weighted by molar-refractivity contribution is 0.559. The van der Waals surface area contributed by atoms with E-state index < -0.39 is 0 Å². The molecule has 2 unspecified atom stereocenters. The van der Waals surface area contributed by atoms with E-state index in [0.717, 1.165) is 11.3 Å². The van der Waals surface area contributed by atoms with E-state index >= 15 is 0 Å². The minimum atomic E-state index is 0.598. The van der Waals surface area contributed by atoms with Gasteiger partial charge in [0.1, 0.15) is 0 Å². The molecule has 33 heavy (non-hydrogen) atoms. The van der Waals surface area contributed by atoms with Crippen molar-refractivity contribution in [3.63, 3.8) is 0 Å². The van der Waals surface area contributed by atoms with Gasteiger partial charge in [-0.25, -0.2) is 0 Å². The highest BCUT2D eigenvalue weighted by molar-refractivity contribution is 7.80.